The van der Waals surface area contributed by atoms with Crippen LogP contribution in [0.4, 0.5) is 13.2 Å². The maximum absolute atomic E-state index is 12.6. The van der Waals surface area contributed by atoms with Crippen LogP contribution in [0, 0.1) is 0 Å². The van der Waals surface area contributed by atoms with Gasteiger partial charge in [-0.1, -0.05) is 30.3 Å². The summed E-state index contributed by atoms with van der Waals surface area (Å²) in [7, 11) is 7.07. The van der Waals surface area contributed by atoms with Crippen LogP contribution in [0.25, 0.3) is 0 Å². The predicted octanol–water partition coefficient (Wildman–Crippen LogP) is 2.46. The highest BCUT2D eigenvalue weighted by molar-refractivity contribution is 14.2. The van der Waals surface area contributed by atoms with E-state index >= 15 is 0 Å². The van der Waals surface area contributed by atoms with Crippen LogP contribution in [0.1, 0.15) is 6.42 Å². The minimum absolute atomic E-state index is 0.222. The Morgan fingerprint density at radius 1 is 1.58 bits per heavy atom. The van der Waals surface area contributed by atoms with E-state index in [1.165, 1.54) is 13.2 Å². The fourth-order valence-electron chi connectivity index (χ4n) is 2.14. The number of halogens is 4. The first kappa shape index (κ1) is 19.0. The molecule has 1 aliphatic carbocycles. The summed E-state index contributed by atoms with van der Waals surface area (Å²) in [6, 6.07) is -0.222. The zero-order chi connectivity index (χ0) is 17.9. The van der Waals surface area contributed by atoms with Gasteiger partial charge >= 0.3 is 12.1 Å². The molecule has 2 radical (unpaired) electrons. The van der Waals surface area contributed by atoms with Gasteiger partial charge in [-0.3, -0.25) is 3.11 Å². The molecule has 4 nitrogen and oxygen atoms in total. The van der Waals surface area contributed by atoms with Gasteiger partial charge in [0.2, 0.25) is 0 Å². The molecule has 2 aliphatic rings. The van der Waals surface area contributed by atoms with Gasteiger partial charge in [0.1, 0.15) is 13.5 Å². The summed E-state index contributed by atoms with van der Waals surface area (Å²) < 4.78 is 45.9. The molecule has 0 saturated carbocycles. The number of nitrogens with zero attached hydrogens (tertiary/aromatic N) is 1. The third kappa shape index (κ3) is 4.38. The highest BCUT2D eigenvalue weighted by Crippen LogP contribution is 2.31. The first-order chi connectivity index (χ1) is 11.2. The molecule has 1 unspecified atom stereocenters. The van der Waals surface area contributed by atoms with Gasteiger partial charge in [-0.05, 0) is 10.4 Å². The highest BCUT2D eigenvalue weighted by Gasteiger charge is 2.33. The Kier molecular flexibility index (Phi) is 6.08. The van der Waals surface area contributed by atoms with Crippen molar-refractivity contribution in [3.8, 4) is 0 Å². The van der Waals surface area contributed by atoms with Crippen LogP contribution in [0.15, 0.2) is 47.2 Å². The Balaban J connectivity index is 1.91. The van der Waals surface area contributed by atoms with Gasteiger partial charge in [0, 0.05) is 39.3 Å². The number of allylic oxidation sites excluding steroid dienone is 3. The van der Waals surface area contributed by atoms with Crippen molar-refractivity contribution in [2.45, 2.75) is 18.6 Å². The maximum atomic E-state index is 12.6. The van der Waals surface area contributed by atoms with Gasteiger partial charge < -0.3 is 10.1 Å². The number of hydrogen-bond donors (Lipinski definition) is 1. The molecular formula is C15H15BF3IN2O2. The minimum Gasteiger partial charge on any atom is -0.464 e. The molecule has 0 aromatic carbocycles. The van der Waals surface area contributed by atoms with E-state index in [0.717, 1.165) is 12.2 Å². The second-order valence-corrected chi connectivity index (χ2v) is 7.23. The number of rotatable bonds is 5. The molecule has 1 heterocycles. The second kappa shape index (κ2) is 7.69. The lowest BCUT2D eigenvalue weighted by Gasteiger charge is -2.24. The van der Waals surface area contributed by atoms with Crippen LogP contribution in [0.2, 0.25) is 0 Å². The van der Waals surface area contributed by atoms with Crippen molar-refractivity contribution in [1.29, 1.82) is 0 Å². The lowest BCUT2D eigenvalue weighted by molar-refractivity contribution is -0.137. The lowest BCUT2D eigenvalue weighted by atomic mass is 9.95. The summed E-state index contributed by atoms with van der Waals surface area (Å²) in [5.41, 5.74) is 0.628. The van der Waals surface area contributed by atoms with Crippen LogP contribution in [0.3, 0.4) is 0 Å². The summed E-state index contributed by atoms with van der Waals surface area (Å²) in [5.74, 6) is -0.530. The maximum Gasteiger partial charge on any atom is 0.416 e. The van der Waals surface area contributed by atoms with E-state index in [-0.39, 0.29) is 18.2 Å². The average molecular weight is 450 g/mol. The van der Waals surface area contributed by atoms with E-state index < -0.39 is 38.7 Å². The number of esters is 1. The minimum atomic E-state index is -4.32. The Bertz CT molecular complexity index is 668. The third-order valence-corrected chi connectivity index (χ3v) is 6.06. The number of nitrogens with one attached hydrogen (secondary N) is 1. The zero-order valence-electron chi connectivity index (χ0n) is 12.9. The van der Waals surface area contributed by atoms with Crippen LogP contribution >= 0.6 is 21.0 Å². The standard InChI is InChI=1S/C15H15BF3IN2O2/c1-9(22-13(14(23)24-2)12(16)7-20-22)8-21-11-5-3-10(4-6-11)15(17,18)19/h3-5,7,11,21H,1,6,8H2,2H3. The third-order valence-electron chi connectivity index (χ3n) is 3.39. The fraction of sp³-hybridized carbons (Fsp3) is 0.333. The van der Waals surface area contributed by atoms with Crippen LogP contribution in [0.5, 0.6) is 0 Å². The Hall–Kier alpha value is -1.36. The monoisotopic (exact) mass is 450 g/mol. The molecule has 128 valence electrons. The molecule has 2 rings (SSSR count). The van der Waals surface area contributed by atoms with Gasteiger partial charge in [0.15, 0.2) is 0 Å². The molecule has 1 N–H and O–H groups in total. The van der Waals surface area contributed by atoms with Crippen LogP contribution in [-0.2, 0) is 9.53 Å². The summed E-state index contributed by atoms with van der Waals surface area (Å²) >= 11 is -0.648. The van der Waals surface area contributed by atoms with Gasteiger partial charge in [-0.25, -0.2) is 4.79 Å². The van der Waals surface area contributed by atoms with E-state index in [1.807, 2.05) is 0 Å². The number of hydrogen-bond acceptors (Lipinski definition) is 4. The largest absolute Gasteiger partial charge is 0.464 e. The quantitative estimate of drug-likeness (QED) is 0.303. The number of alkyl halides is 3. The summed E-state index contributed by atoms with van der Waals surface area (Å²) in [5, 5.41) is 3.11. The van der Waals surface area contributed by atoms with E-state index in [4.69, 9.17) is 12.6 Å². The van der Waals surface area contributed by atoms with Gasteiger partial charge in [0.25, 0.3) is 0 Å². The lowest BCUT2D eigenvalue weighted by Crippen LogP contribution is -2.33. The first-order valence-corrected chi connectivity index (χ1v) is 9.17. The van der Waals surface area contributed by atoms with Crippen molar-refractivity contribution < 1.29 is 22.7 Å². The number of ether oxygens (including phenoxy) is 1. The molecule has 0 fully saturated rings. The molecule has 0 aromatic rings. The average Bonchev–Trinajstić information content (AvgIpc) is 2.93. The van der Waals surface area contributed by atoms with E-state index in [9.17, 15) is 18.0 Å². The number of methoxy groups -OCH3 is 1. The molecule has 1 atom stereocenters. The molecule has 0 saturated heterocycles. The Morgan fingerprint density at radius 2 is 2.29 bits per heavy atom. The van der Waals surface area contributed by atoms with Crippen molar-refractivity contribution in [1.82, 2.24) is 8.43 Å². The topological polar surface area (TPSA) is 41.6 Å². The Labute approximate surface area is 149 Å². The molecule has 9 heteroatoms. The highest BCUT2D eigenvalue weighted by atomic mass is 127. The Morgan fingerprint density at radius 3 is 2.83 bits per heavy atom. The van der Waals surface area contributed by atoms with Crippen molar-refractivity contribution in [2.24, 2.45) is 0 Å². The second-order valence-electron chi connectivity index (χ2n) is 5.09. The molecule has 0 spiro atoms. The van der Waals surface area contributed by atoms with E-state index in [1.54, 1.807) is 7.13 Å². The molecule has 0 aromatic heterocycles. The van der Waals surface area contributed by atoms with E-state index in [0.29, 0.717) is 17.7 Å². The molecule has 1 aliphatic heterocycles. The zero-order valence-corrected chi connectivity index (χ0v) is 15.0. The van der Waals surface area contributed by atoms with Crippen molar-refractivity contribution in [3.63, 3.8) is 0 Å². The molecular weight excluding hydrogens is 435 g/mol. The number of carbonyl (C=O) groups excluding carboxylic acids is 1. The number of carbonyl (C=O) groups is 1. The van der Waals surface area contributed by atoms with E-state index in [2.05, 4.69) is 11.9 Å². The van der Waals surface area contributed by atoms with Crippen molar-refractivity contribution in [3.05, 3.63) is 47.2 Å². The van der Waals surface area contributed by atoms with Crippen LogP contribution in [-0.4, -0.2) is 46.8 Å². The van der Waals surface area contributed by atoms with Gasteiger partial charge in [0.05, 0.1) is 12.7 Å². The SMILES string of the molecule is [B]C1=C(C(=O)OC)N(C(=C)CNC2C=CC(C(F)(F)F)=CC2)I=C1. The van der Waals surface area contributed by atoms with Gasteiger partial charge in [-0.2, -0.15) is 13.2 Å². The summed E-state index contributed by atoms with van der Waals surface area (Å²) in [4.78, 5) is 11.8. The summed E-state index contributed by atoms with van der Waals surface area (Å²) in [6.45, 7) is 4.26. The summed E-state index contributed by atoms with van der Waals surface area (Å²) in [6.07, 6.45) is -0.375. The van der Waals surface area contributed by atoms with Crippen LogP contribution < -0.4 is 5.32 Å². The molecule has 0 amide bonds. The molecule has 24 heavy (non-hydrogen) atoms. The van der Waals surface area contributed by atoms with Crippen molar-refractivity contribution >= 4 is 38.8 Å². The molecule has 0 bridgehead atoms. The predicted molar refractivity (Wildman–Crippen MR) is 95.5 cm³/mol. The van der Waals surface area contributed by atoms with Crippen molar-refractivity contribution in [2.75, 3.05) is 13.7 Å². The van der Waals surface area contributed by atoms with Gasteiger partial charge in [-0.15, -0.1) is 0 Å². The fourth-order valence-corrected chi connectivity index (χ4v) is 4.33. The normalized spacial score (nSPS) is 20.8. The first-order valence-electron chi connectivity index (χ1n) is 6.96. The smallest absolute Gasteiger partial charge is 0.416 e.